The van der Waals surface area contributed by atoms with E-state index in [1.54, 1.807) is 5.57 Å². The average molecular weight is 536 g/mol. The monoisotopic (exact) mass is 535 g/mol. The zero-order valence-corrected chi connectivity index (χ0v) is 26.0. The minimum Gasteiger partial charge on any atom is -0.465 e. The summed E-state index contributed by atoms with van der Waals surface area (Å²) in [5.74, 6) is 3.63. The molecule has 0 spiro atoms. The molecule has 1 heterocycles. The highest BCUT2D eigenvalue weighted by Crippen LogP contribution is 2.75. The lowest BCUT2D eigenvalue weighted by molar-refractivity contribution is -0.181. The van der Waals surface area contributed by atoms with Gasteiger partial charge in [0, 0.05) is 5.56 Å². The third kappa shape index (κ3) is 3.48. The Morgan fingerprint density at radius 3 is 2.56 bits per heavy atom. The SMILES string of the molecule is CCCCOC(=O)[C@@]1(C)c2oncc2C[C@@]2(C)[C@H]1CC[C@]1(C)[C@@H]2CC=C2[C@@H]3[C@@H](C)[C@H](C)CC[C@]3(C)CC[C@]21C. The molecule has 5 aliphatic carbocycles. The highest BCUT2D eigenvalue weighted by Gasteiger charge is 2.70. The summed E-state index contributed by atoms with van der Waals surface area (Å²) in [4.78, 5) is 13.9. The van der Waals surface area contributed by atoms with E-state index in [1.165, 1.54) is 32.1 Å². The van der Waals surface area contributed by atoms with Crippen LogP contribution in [0.3, 0.4) is 0 Å². The Morgan fingerprint density at radius 1 is 1.05 bits per heavy atom. The van der Waals surface area contributed by atoms with E-state index in [1.807, 2.05) is 6.20 Å². The van der Waals surface area contributed by atoms with Gasteiger partial charge in [0.05, 0.1) is 12.8 Å². The predicted molar refractivity (Wildman–Crippen MR) is 155 cm³/mol. The third-order valence-corrected chi connectivity index (χ3v) is 14.2. The lowest BCUT2D eigenvalue weighted by Crippen LogP contribution is -2.65. The lowest BCUT2D eigenvalue weighted by Gasteiger charge is -2.70. The fourth-order valence-electron chi connectivity index (χ4n) is 11.5. The van der Waals surface area contributed by atoms with Gasteiger partial charge in [-0.3, -0.25) is 4.79 Å². The maximum atomic E-state index is 13.9. The van der Waals surface area contributed by atoms with Crippen LogP contribution in [0.15, 0.2) is 22.4 Å². The van der Waals surface area contributed by atoms with E-state index in [0.29, 0.717) is 23.9 Å². The van der Waals surface area contributed by atoms with Gasteiger partial charge in [0.25, 0.3) is 0 Å². The zero-order chi connectivity index (χ0) is 28.0. The number of fused-ring (bicyclic) bond motifs is 8. The van der Waals surface area contributed by atoms with Crippen LogP contribution in [0, 0.1) is 51.2 Å². The molecule has 0 amide bonds. The number of ether oxygens (including phenoxy) is 1. The van der Waals surface area contributed by atoms with E-state index < -0.39 is 5.41 Å². The fraction of sp³-hybridized carbons (Fsp3) is 0.829. The molecule has 0 N–H and O–H groups in total. The van der Waals surface area contributed by atoms with Gasteiger partial charge in [-0.2, -0.15) is 0 Å². The van der Waals surface area contributed by atoms with Gasteiger partial charge < -0.3 is 9.26 Å². The standard InChI is InChI=1S/C35H53NO3/c1-9-10-19-38-30(37)35(8)27-14-16-34(7)26(32(27,5)20-24-21-36-39-29(24)35)12-11-25-28-23(3)22(2)13-15-31(28,4)17-18-33(25,34)6/h11,21-23,26-28H,9-10,12-20H2,1-8H3/t22-,23+,26-,27-,28+,31-,32-,33-,34-,35-/m1/s1. The largest absolute Gasteiger partial charge is 0.465 e. The first-order valence-electron chi connectivity index (χ1n) is 16.2. The van der Waals surface area contributed by atoms with Gasteiger partial charge in [-0.05, 0) is 116 Å². The molecule has 5 aliphatic rings. The first-order chi connectivity index (χ1) is 18.4. The molecule has 10 atom stereocenters. The van der Waals surface area contributed by atoms with Crippen LogP contribution in [0.2, 0.25) is 0 Å². The Bertz CT molecular complexity index is 1170. The van der Waals surface area contributed by atoms with Crippen molar-refractivity contribution in [2.45, 2.75) is 125 Å². The van der Waals surface area contributed by atoms with Gasteiger partial charge in [0.2, 0.25) is 0 Å². The second-order valence-corrected chi connectivity index (χ2v) is 15.8. The second-order valence-electron chi connectivity index (χ2n) is 15.8. The number of carbonyl (C=O) groups excluding carboxylic acids is 1. The highest BCUT2D eigenvalue weighted by molar-refractivity contribution is 5.83. The number of aromatic nitrogens is 1. The molecule has 0 aliphatic heterocycles. The Morgan fingerprint density at radius 2 is 1.82 bits per heavy atom. The number of carbonyl (C=O) groups is 1. The van der Waals surface area contributed by atoms with E-state index in [-0.39, 0.29) is 28.1 Å². The third-order valence-electron chi connectivity index (χ3n) is 14.2. The summed E-state index contributed by atoms with van der Waals surface area (Å²) in [6, 6.07) is 0. The van der Waals surface area contributed by atoms with Crippen molar-refractivity contribution in [1.82, 2.24) is 5.16 Å². The summed E-state index contributed by atoms with van der Waals surface area (Å²) in [5, 5.41) is 4.24. The topological polar surface area (TPSA) is 52.3 Å². The van der Waals surface area contributed by atoms with Gasteiger partial charge in [-0.1, -0.05) is 71.7 Å². The second kappa shape index (κ2) is 8.96. The van der Waals surface area contributed by atoms with E-state index in [2.05, 4.69) is 66.6 Å². The van der Waals surface area contributed by atoms with Crippen molar-refractivity contribution in [1.29, 1.82) is 0 Å². The average Bonchev–Trinajstić information content (AvgIpc) is 3.36. The van der Waals surface area contributed by atoms with Crippen LogP contribution in [-0.2, 0) is 21.4 Å². The maximum Gasteiger partial charge on any atom is 0.319 e. The molecule has 0 radical (unpaired) electrons. The minimum atomic E-state index is -0.781. The Labute approximate surface area is 237 Å². The van der Waals surface area contributed by atoms with Crippen LogP contribution in [0.4, 0.5) is 0 Å². The summed E-state index contributed by atoms with van der Waals surface area (Å²) in [7, 11) is 0. The first kappa shape index (κ1) is 27.6. The van der Waals surface area contributed by atoms with Crippen LogP contribution in [0.5, 0.6) is 0 Å². The number of esters is 1. The van der Waals surface area contributed by atoms with Gasteiger partial charge >= 0.3 is 5.97 Å². The fourth-order valence-corrected chi connectivity index (χ4v) is 11.5. The summed E-state index contributed by atoms with van der Waals surface area (Å²) in [6.45, 7) is 20.2. The van der Waals surface area contributed by atoms with Crippen molar-refractivity contribution in [3.63, 3.8) is 0 Å². The van der Waals surface area contributed by atoms with Crippen molar-refractivity contribution >= 4 is 5.97 Å². The first-order valence-corrected chi connectivity index (χ1v) is 16.2. The van der Waals surface area contributed by atoms with Crippen molar-refractivity contribution < 1.29 is 14.1 Å². The molecule has 3 fully saturated rings. The maximum absolute atomic E-state index is 13.9. The van der Waals surface area contributed by atoms with Gasteiger partial charge in [-0.15, -0.1) is 0 Å². The van der Waals surface area contributed by atoms with E-state index >= 15 is 0 Å². The molecule has 1 aromatic heterocycles. The molecule has 0 unspecified atom stereocenters. The number of unbranched alkanes of at least 4 members (excludes halogenated alkanes) is 1. The van der Waals surface area contributed by atoms with Gasteiger partial charge in [-0.25, -0.2) is 0 Å². The van der Waals surface area contributed by atoms with Crippen LogP contribution in [0.1, 0.15) is 125 Å². The molecule has 4 heteroatoms. The number of hydrogen-bond acceptors (Lipinski definition) is 4. The zero-order valence-electron chi connectivity index (χ0n) is 26.0. The molecule has 0 bridgehead atoms. The van der Waals surface area contributed by atoms with Crippen LogP contribution in [0.25, 0.3) is 0 Å². The summed E-state index contributed by atoms with van der Waals surface area (Å²) < 4.78 is 11.9. The van der Waals surface area contributed by atoms with Gasteiger partial charge in [0.15, 0.2) is 5.76 Å². The summed E-state index contributed by atoms with van der Waals surface area (Å²) in [5.41, 5.74) is 3.01. The lowest BCUT2D eigenvalue weighted by atomic mass is 9.33. The van der Waals surface area contributed by atoms with E-state index in [9.17, 15) is 4.79 Å². The van der Waals surface area contributed by atoms with Crippen LogP contribution < -0.4 is 0 Å². The Balaban J connectivity index is 1.43. The van der Waals surface area contributed by atoms with Crippen molar-refractivity contribution in [3.8, 4) is 0 Å². The Hall–Kier alpha value is -1.58. The molecule has 0 saturated heterocycles. The van der Waals surface area contributed by atoms with E-state index in [4.69, 9.17) is 9.26 Å². The number of rotatable bonds is 4. The predicted octanol–water partition coefficient (Wildman–Crippen LogP) is 8.69. The van der Waals surface area contributed by atoms with Crippen molar-refractivity contribution in [3.05, 3.63) is 29.2 Å². The van der Waals surface area contributed by atoms with Crippen LogP contribution in [-0.4, -0.2) is 17.7 Å². The Kier molecular flexibility index (Phi) is 6.34. The number of hydrogen-bond donors (Lipinski definition) is 0. The van der Waals surface area contributed by atoms with Crippen molar-refractivity contribution in [2.24, 2.45) is 51.2 Å². The van der Waals surface area contributed by atoms with Crippen molar-refractivity contribution in [2.75, 3.05) is 6.61 Å². The van der Waals surface area contributed by atoms with E-state index in [0.717, 1.165) is 55.3 Å². The summed E-state index contributed by atoms with van der Waals surface area (Å²) >= 11 is 0. The molecule has 216 valence electrons. The smallest absolute Gasteiger partial charge is 0.319 e. The molecular weight excluding hydrogens is 482 g/mol. The van der Waals surface area contributed by atoms with Gasteiger partial charge in [0.1, 0.15) is 5.41 Å². The molecule has 39 heavy (non-hydrogen) atoms. The molecule has 3 saturated carbocycles. The normalized spacial score (nSPS) is 48.5. The number of allylic oxidation sites excluding steroid dienone is 2. The molecule has 4 nitrogen and oxygen atoms in total. The highest BCUT2D eigenvalue weighted by atomic mass is 16.5. The molecule has 6 rings (SSSR count). The quantitative estimate of drug-likeness (QED) is 0.220. The molecule has 0 aromatic carbocycles. The molecular formula is C35H53NO3. The summed E-state index contributed by atoms with van der Waals surface area (Å²) in [6.07, 6.45) is 16.2. The van der Waals surface area contributed by atoms with Crippen LogP contribution >= 0.6 is 0 Å². The number of nitrogens with zero attached hydrogens (tertiary/aromatic N) is 1. The minimum absolute atomic E-state index is 0.0126. The molecule has 1 aromatic rings.